The second-order valence-corrected chi connectivity index (χ2v) is 9.86. The molecule has 1 aliphatic heterocycles. The fraction of sp³-hybridized carbons (Fsp3) is 0.615. The molecule has 1 N–H and O–H groups in total. The van der Waals surface area contributed by atoms with Crippen LogP contribution >= 0.6 is 0 Å². The number of ether oxygens (including phenoxy) is 2. The molecule has 194 valence electrons. The van der Waals surface area contributed by atoms with Gasteiger partial charge in [0.15, 0.2) is 6.04 Å². The lowest BCUT2D eigenvalue weighted by Crippen LogP contribution is -2.61. The van der Waals surface area contributed by atoms with E-state index in [1.807, 2.05) is 37.3 Å². The number of hydrogen-bond donors (Lipinski definition) is 1. The number of esters is 1. The van der Waals surface area contributed by atoms with Gasteiger partial charge < -0.3 is 19.5 Å². The smallest absolute Gasteiger partial charge is 0.411 e. The van der Waals surface area contributed by atoms with Gasteiger partial charge in [0.05, 0.1) is 13.0 Å². The van der Waals surface area contributed by atoms with Gasteiger partial charge in [0.1, 0.15) is 12.2 Å². The summed E-state index contributed by atoms with van der Waals surface area (Å²) in [7, 11) is 0. The van der Waals surface area contributed by atoms with Gasteiger partial charge in [-0.2, -0.15) is 0 Å². The molecule has 0 spiro atoms. The molecular formula is C26H38N2O7. The lowest BCUT2D eigenvalue weighted by atomic mass is 9.95. The fourth-order valence-electron chi connectivity index (χ4n) is 3.97. The predicted octanol–water partition coefficient (Wildman–Crippen LogP) is 3.85. The molecule has 2 atom stereocenters. The van der Waals surface area contributed by atoms with Crippen LogP contribution in [0.1, 0.15) is 65.4 Å². The quantitative estimate of drug-likeness (QED) is 0.391. The fourth-order valence-corrected chi connectivity index (χ4v) is 3.97. The number of aliphatic carboxylic acids is 1. The molecule has 1 aromatic carbocycles. The lowest BCUT2D eigenvalue weighted by Gasteiger charge is -2.41. The van der Waals surface area contributed by atoms with Crippen LogP contribution < -0.4 is 0 Å². The van der Waals surface area contributed by atoms with Gasteiger partial charge in [-0.25, -0.2) is 9.59 Å². The molecule has 0 aromatic heterocycles. The van der Waals surface area contributed by atoms with Crippen LogP contribution in [0.2, 0.25) is 0 Å². The standard InChI is InChI=1S/C26H38N2O7/c1-5-6-8-13-20(16-22(29)30)23(31)27-14-15-28(25(33)35-26(2,3)4)21(17-27)24(32)34-18-19-11-9-7-10-12-19/h7,9-12,20-21H,5-6,8,13-18H2,1-4H3,(H,29,30)/t20-,21-/m1/s1. The molecule has 1 fully saturated rings. The molecular weight excluding hydrogens is 452 g/mol. The summed E-state index contributed by atoms with van der Waals surface area (Å²) in [5.74, 6) is -2.66. The number of carboxylic acids is 1. The van der Waals surface area contributed by atoms with Crippen LogP contribution in [0.4, 0.5) is 4.79 Å². The zero-order valence-corrected chi connectivity index (χ0v) is 21.2. The van der Waals surface area contributed by atoms with E-state index in [4.69, 9.17) is 9.47 Å². The first-order valence-electron chi connectivity index (χ1n) is 12.2. The van der Waals surface area contributed by atoms with Gasteiger partial charge in [0.25, 0.3) is 0 Å². The van der Waals surface area contributed by atoms with E-state index in [0.717, 1.165) is 24.8 Å². The Hall–Kier alpha value is -3.10. The zero-order chi connectivity index (χ0) is 26.0. The maximum Gasteiger partial charge on any atom is 0.411 e. The molecule has 1 aliphatic rings. The second kappa shape index (κ2) is 13.1. The monoisotopic (exact) mass is 490 g/mol. The number of amides is 2. The Labute approximate surface area is 207 Å². The van der Waals surface area contributed by atoms with Crippen molar-refractivity contribution in [1.82, 2.24) is 9.80 Å². The zero-order valence-electron chi connectivity index (χ0n) is 21.2. The van der Waals surface area contributed by atoms with Gasteiger partial charge in [0.2, 0.25) is 5.91 Å². The summed E-state index contributed by atoms with van der Waals surface area (Å²) in [6, 6.07) is 8.11. The van der Waals surface area contributed by atoms with Crippen molar-refractivity contribution in [1.29, 1.82) is 0 Å². The van der Waals surface area contributed by atoms with Crippen molar-refractivity contribution in [3.8, 4) is 0 Å². The number of rotatable bonds is 10. The number of carboxylic acid groups (broad SMARTS) is 1. The summed E-state index contributed by atoms with van der Waals surface area (Å²) < 4.78 is 11.0. The number of carbonyl (C=O) groups is 4. The van der Waals surface area contributed by atoms with Crippen molar-refractivity contribution in [3.63, 3.8) is 0 Å². The van der Waals surface area contributed by atoms with Crippen molar-refractivity contribution in [2.75, 3.05) is 19.6 Å². The SMILES string of the molecule is CCCCC[C@H](CC(=O)O)C(=O)N1CCN(C(=O)OC(C)(C)C)[C@@H](C(=O)OCc2ccccc2)C1. The van der Waals surface area contributed by atoms with Crippen molar-refractivity contribution >= 4 is 23.9 Å². The second-order valence-electron chi connectivity index (χ2n) is 9.86. The highest BCUT2D eigenvalue weighted by Gasteiger charge is 2.41. The summed E-state index contributed by atoms with van der Waals surface area (Å²) in [6.07, 6.45) is 2.16. The summed E-state index contributed by atoms with van der Waals surface area (Å²) in [5.41, 5.74) is 0.0415. The Balaban J connectivity index is 2.18. The summed E-state index contributed by atoms with van der Waals surface area (Å²) in [4.78, 5) is 53.3. The van der Waals surface area contributed by atoms with Crippen LogP contribution in [0.5, 0.6) is 0 Å². The van der Waals surface area contributed by atoms with Crippen molar-refractivity contribution in [3.05, 3.63) is 35.9 Å². The third-order valence-electron chi connectivity index (χ3n) is 5.74. The van der Waals surface area contributed by atoms with Gasteiger partial charge in [-0.05, 0) is 32.8 Å². The number of unbranched alkanes of at least 4 members (excludes halogenated alkanes) is 2. The molecule has 35 heavy (non-hydrogen) atoms. The minimum Gasteiger partial charge on any atom is -0.481 e. The Morgan fingerprint density at radius 1 is 1.09 bits per heavy atom. The van der Waals surface area contributed by atoms with E-state index in [9.17, 15) is 24.3 Å². The summed E-state index contributed by atoms with van der Waals surface area (Å²) >= 11 is 0. The first kappa shape index (κ1) is 28.1. The summed E-state index contributed by atoms with van der Waals surface area (Å²) in [6.45, 7) is 7.47. The third-order valence-corrected chi connectivity index (χ3v) is 5.74. The van der Waals surface area contributed by atoms with E-state index >= 15 is 0 Å². The average Bonchev–Trinajstić information content (AvgIpc) is 2.80. The normalized spacial score (nSPS) is 17.0. The Kier molecular flexibility index (Phi) is 10.5. The van der Waals surface area contributed by atoms with E-state index in [2.05, 4.69) is 0 Å². The Morgan fingerprint density at radius 3 is 2.37 bits per heavy atom. The van der Waals surface area contributed by atoms with Crippen molar-refractivity contribution in [2.45, 2.75) is 78.0 Å². The van der Waals surface area contributed by atoms with E-state index < -0.39 is 35.6 Å². The highest BCUT2D eigenvalue weighted by Crippen LogP contribution is 2.22. The molecule has 0 aliphatic carbocycles. The van der Waals surface area contributed by atoms with Crippen LogP contribution in [0, 0.1) is 5.92 Å². The van der Waals surface area contributed by atoms with Gasteiger partial charge in [-0.15, -0.1) is 0 Å². The van der Waals surface area contributed by atoms with Gasteiger partial charge in [-0.3, -0.25) is 14.5 Å². The molecule has 0 unspecified atom stereocenters. The first-order valence-corrected chi connectivity index (χ1v) is 12.2. The molecule has 1 saturated heterocycles. The van der Waals surface area contributed by atoms with Crippen LogP contribution in [0.15, 0.2) is 30.3 Å². The molecule has 0 radical (unpaired) electrons. The first-order chi connectivity index (χ1) is 16.5. The molecule has 1 heterocycles. The number of benzene rings is 1. The van der Waals surface area contributed by atoms with E-state index in [0.29, 0.717) is 6.42 Å². The molecule has 1 aromatic rings. The number of nitrogens with zero attached hydrogens (tertiary/aromatic N) is 2. The molecule has 2 amide bonds. The number of piperazine rings is 1. The predicted molar refractivity (Wildman–Crippen MR) is 129 cm³/mol. The number of carbonyl (C=O) groups excluding carboxylic acids is 3. The Bertz CT molecular complexity index is 866. The average molecular weight is 491 g/mol. The molecule has 9 nitrogen and oxygen atoms in total. The van der Waals surface area contributed by atoms with Crippen molar-refractivity contribution in [2.24, 2.45) is 5.92 Å². The summed E-state index contributed by atoms with van der Waals surface area (Å²) in [5, 5.41) is 9.31. The third kappa shape index (κ3) is 9.22. The van der Waals surface area contributed by atoms with Gasteiger partial charge in [-0.1, -0.05) is 56.5 Å². The molecule has 9 heteroatoms. The maximum atomic E-state index is 13.3. The highest BCUT2D eigenvalue weighted by molar-refractivity contribution is 5.86. The maximum absolute atomic E-state index is 13.3. The van der Waals surface area contributed by atoms with Crippen LogP contribution in [-0.2, 0) is 30.5 Å². The number of hydrogen-bond acceptors (Lipinski definition) is 6. The van der Waals surface area contributed by atoms with Gasteiger partial charge in [0, 0.05) is 19.0 Å². The molecule has 2 rings (SSSR count). The lowest BCUT2D eigenvalue weighted by molar-refractivity contribution is -0.157. The van der Waals surface area contributed by atoms with Crippen molar-refractivity contribution < 1.29 is 33.8 Å². The minimum atomic E-state index is -1.05. The minimum absolute atomic E-state index is 0.0327. The Morgan fingerprint density at radius 2 is 1.77 bits per heavy atom. The van der Waals surface area contributed by atoms with E-state index in [-0.39, 0.29) is 38.6 Å². The molecule has 0 bridgehead atoms. The molecule has 0 saturated carbocycles. The van der Waals surface area contributed by atoms with Gasteiger partial charge >= 0.3 is 18.0 Å². The largest absolute Gasteiger partial charge is 0.481 e. The highest BCUT2D eigenvalue weighted by atomic mass is 16.6. The topological polar surface area (TPSA) is 113 Å². The van der Waals surface area contributed by atoms with E-state index in [1.165, 1.54) is 9.80 Å². The van der Waals surface area contributed by atoms with Crippen LogP contribution in [-0.4, -0.2) is 70.1 Å². The van der Waals surface area contributed by atoms with Crippen LogP contribution in [0.25, 0.3) is 0 Å². The van der Waals surface area contributed by atoms with Crippen LogP contribution in [0.3, 0.4) is 0 Å². The van der Waals surface area contributed by atoms with E-state index in [1.54, 1.807) is 20.8 Å².